The highest BCUT2D eigenvalue weighted by Gasteiger charge is 2.20. The molecular weight excluding hydrogens is 306 g/mol. The Kier molecular flexibility index (Phi) is 5.19. The highest BCUT2D eigenvalue weighted by atomic mass is 16.6. The lowest BCUT2D eigenvalue weighted by atomic mass is 10.3. The van der Waals surface area contributed by atoms with Crippen LogP contribution in [0.15, 0.2) is 39.4 Å². The van der Waals surface area contributed by atoms with Crippen molar-refractivity contribution in [1.29, 1.82) is 0 Å². The second kappa shape index (κ2) is 7.30. The number of hydrogen-bond donors (Lipinski definition) is 1. The van der Waals surface area contributed by atoms with Crippen LogP contribution in [0.25, 0.3) is 0 Å². The molecule has 1 atom stereocenters. The van der Waals surface area contributed by atoms with E-state index in [9.17, 15) is 14.4 Å². The molecule has 2 heterocycles. The van der Waals surface area contributed by atoms with E-state index in [-0.39, 0.29) is 23.9 Å². The predicted octanol–water partition coefficient (Wildman–Crippen LogP) is 1.52. The van der Waals surface area contributed by atoms with Gasteiger partial charge >= 0.3 is 11.9 Å². The maximum Gasteiger partial charge on any atom is 0.373 e. The summed E-state index contributed by atoms with van der Waals surface area (Å²) in [6, 6.07) is 5.07. The Morgan fingerprint density at radius 2 is 2.00 bits per heavy atom. The summed E-state index contributed by atoms with van der Waals surface area (Å²) < 4.78 is 19.6. The number of nitrogens with one attached hydrogen (secondary N) is 1. The first-order chi connectivity index (χ1) is 11.0. The smallest absolute Gasteiger partial charge is 0.373 e. The van der Waals surface area contributed by atoms with E-state index >= 15 is 0 Å². The first kappa shape index (κ1) is 16.3. The van der Waals surface area contributed by atoms with Gasteiger partial charge in [-0.15, -0.1) is 0 Å². The lowest BCUT2D eigenvalue weighted by Gasteiger charge is -2.11. The zero-order valence-electron chi connectivity index (χ0n) is 12.5. The number of carbonyl (C=O) groups is 3. The average molecular weight is 321 g/mol. The van der Waals surface area contributed by atoms with Gasteiger partial charge in [-0.25, -0.2) is 9.59 Å². The molecule has 0 saturated carbocycles. The minimum atomic E-state index is -0.873. The fourth-order valence-electron chi connectivity index (χ4n) is 1.67. The Hall–Kier alpha value is -3.03. The minimum absolute atomic E-state index is 0.0118. The van der Waals surface area contributed by atoms with Crippen LogP contribution >= 0.6 is 0 Å². The van der Waals surface area contributed by atoms with Crippen molar-refractivity contribution in [3.05, 3.63) is 47.8 Å². The molecule has 8 heteroatoms. The van der Waals surface area contributed by atoms with E-state index in [1.807, 2.05) is 0 Å². The monoisotopic (exact) mass is 321 g/mol. The summed E-state index contributed by atoms with van der Waals surface area (Å²) in [5, 5.41) is 2.44. The van der Waals surface area contributed by atoms with Crippen molar-refractivity contribution in [2.75, 3.05) is 7.11 Å². The van der Waals surface area contributed by atoms with Crippen LogP contribution in [0.5, 0.6) is 0 Å². The number of rotatable bonds is 6. The first-order valence-corrected chi connectivity index (χ1v) is 6.69. The van der Waals surface area contributed by atoms with Crippen molar-refractivity contribution < 1.29 is 32.7 Å². The molecule has 0 aliphatic heterocycles. The Labute approximate surface area is 131 Å². The van der Waals surface area contributed by atoms with Gasteiger partial charge in [0.25, 0.3) is 5.91 Å². The van der Waals surface area contributed by atoms with Crippen LogP contribution in [0.1, 0.15) is 33.8 Å². The second-order valence-corrected chi connectivity index (χ2v) is 4.54. The van der Waals surface area contributed by atoms with Gasteiger partial charge in [-0.3, -0.25) is 4.79 Å². The summed E-state index contributed by atoms with van der Waals surface area (Å²) in [6.07, 6.45) is 1.35. The zero-order chi connectivity index (χ0) is 16.8. The number of methoxy groups -OCH3 is 1. The molecule has 8 nitrogen and oxygen atoms in total. The minimum Gasteiger partial charge on any atom is -0.463 e. The van der Waals surface area contributed by atoms with Gasteiger partial charge in [-0.1, -0.05) is 0 Å². The number of hydrogen-bond acceptors (Lipinski definition) is 7. The molecule has 0 aliphatic carbocycles. The molecule has 2 aromatic rings. The number of carbonyl (C=O) groups excluding carboxylic acids is 3. The molecule has 0 aliphatic rings. The van der Waals surface area contributed by atoms with Gasteiger partial charge in [0.2, 0.25) is 5.76 Å². The third-order valence-electron chi connectivity index (χ3n) is 2.85. The van der Waals surface area contributed by atoms with Crippen molar-refractivity contribution in [2.45, 2.75) is 19.6 Å². The maximum absolute atomic E-state index is 11.8. The van der Waals surface area contributed by atoms with E-state index in [4.69, 9.17) is 13.6 Å². The molecule has 0 aromatic carbocycles. The summed E-state index contributed by atoms with van der Waals surface area (Å²) in [5.74, 6) is -1.41. The van der Waals surface area contributed by atoms with Crippen LogP contribution < -0.4 is 5.32 Å². The molecule has 0 saturated heterocycles. The molecule has 1 N–H and O–H groups in total. The Balaban J connectivity index is 1.83. The Morgan fingerprint density at radius 1 is 1.22 bits per heavy atom. The van der Waals surface area contributed by atoms with Gasteiger partial charge < -0.3 is 23.6 Å². The summed E-state index contributed by atoms with van der Waals surface area (Å²) in [4.78, 5) is 34.8. The highest BCUT2D eigenvalue weighted by Crippen LogP contribution is 2.10. The topological polar surface area (TPSA) is 108 Å². The van der Waals surface area contributed by atoms with E-state index in [1.165, 1.54) is 38.5 Å². The van der Waals surface area contributed by atoms with Gasteiger partial charge in [0, 0.05) is 0 Å². The van der Waals surface area contributed by atoms with Gasteiger partial charge in [0.1, 0.15) is 18.4 Å². The summed E-state index contributed by atoms with van der Waals surface area (Å²) in [5.41, 5.74) is 0. The third kappa shape index (κ3) is 4.22. The van der Waals surface area contributed by atoms with E-state index in [0.29, 0.717) is 0 Å². The number of amides is 1. The molecule has 23 heavy (non-hydrogen) atoms. The van der Waals surface area contributed by atoms with Gasteiger partial charge in [0.15, 0.2) is 5.76 Å². The van der Waals surface area contributed by atoms with Crippen molar-refractivity contribution in [3.8, 4) is 0 Å². The van der Waals surface area contributed by atoms with Gasteiger partial charge in [-0.05, 0) is 31.2 Å². The van der Waals surface area contributed by atoms with E-state index in [1.54, 1.807) is 6.07 Å². The van der Waals surface area contributed by atoms with Crippen LogP contribution in [0.2, 0.25) is 0 Å². The number of furan rings is 2. The maximum atomic E-state index is 11.8. The lowest BCUT2D eigenvalue weighted by molar-refractivity contribution is -0.147. The molecule has 0 radical (unpaired) electrons. The van der Waals surface area contributed by atoms with Crippen LogP contribution in [-0.4, -0.2) is 31.0 Å². The van der Waals surface area contributed by atoms with Gasteiger partial charge in [0.05, 0.1) is 13.4 Å². The number of ether oxygens (including phenoxy) is 2. The van der Waals surface area contributed by atoms with Crippen molar-refractivity contribution in [2.24, 2.45) is 0 Å². The summed E-state index contributed by atoms with van der Waals surface area (Å²) in [6.45, 7) is 1.31. The molecule has 0 fully saturated rings. The van der Waals surface area contributed by atoms with Crippen molar-refractivity contribution in [3.63, 3.8) is 0 Å². The molecular formula is C15H15NO7. The van der Waals surface area contributed by atoms with E-state index in [0.717, 1.165) is 0 Å². The Morgan fingerprint density at radius 3 is 2.65 bits per heavy atom. The Bertz CT molecular complexity index is 687. The van der Waals surface area contributed by atoms with Crippen LogP contribution in [0, 0.1) is 0 Å². The number of esters is 2. The SMILES string of the molecule is COC(=O)c1ccc(COC(=O)[C@H](C)NC(=O)c2ccco2)o1. The fraction of sp³-hybridized carbons (Fsp3) is 0.267. The molecule has 2 aromatic heterocycles. The predicted molar refractivity (Wildman–Crippen MR) is 75.5 cm³/mol. The van der Waals surface area contributed by atoms with Crippen molar-refractivity contribution >= 4 is 17.8 Å². The standard InChI is InChI=1S/C15H15NO7/c1-9(16-13(17)11-4-3-7-21-11)14(18)22-8-10-5-6-12(23-10)15(19)20-2/h3-7,9H,8H2,1-2H3,(H,16,17)/t9-/m0/s1. The molecule has 0 unspecified atom stereocenters. The lowest BCUT2D eigenvalue weighted by Crippen LogP contribution is -2.39. The highest BCUT2D eigenvalue weighted by molar-refractivity contribution is 5.94. The molecule has 1 amide bonds. The van der Waals surface area contributed by atoms with E-state index in [2.05, 4.69) is 10.1 Å². The fourth-order valence-corrected chi connectivity index (χ4v) is 1.67. The van der Waals surface area contributed by atoms with Crippen LogP contribution in [-0.2, 0) is 20.9 Å². The van der Waals surface area contributed by atoms with Crippen LogP contribution in [0.3, 0.4) is 0 Å². The average Bonchev–Trinajstić information content (AvgIpc) is 3.22. The van der Waals surface area contributed by atoms with Crippen molar-refractivity contribution in [1.82, 2.24) is 5.32 Å². The quantitative estimate of drug-likeness (QED) is 0.803. The zero-order valence-corrected chi connectivity index (χ0v) is 12.5. The molecule has 2 rings (SSSR count). The van der Waals surface area contributed by atoms with E-state index < -0.39 is 23.9 Å². The summed E-state index contributed by atoms with van der Waals surface area (Å²) >= 11 is 0. The third-order valence-corrected chi connectivity index (χ3v) is 2.85. The molecule has 122 valence electrons. The first-order valence-electron chi connectivity index (χ1n) is 6.69. The molecule has 0 spiro atoms. The van der Waals surface area contributed by atoms with Crippen LogP contribution in [0.4, 0.5) is 0 Å². The normalized spacial score (nSPS) is 11.6. The molecule has 0 bridgehead atoms. The summed E-state index contributed by atoms with van der Waals surface area (Å²) in [7, 11) is 1.23. The van der Waals surface area contributed by atoms with Gasteiger partial charge in [-0.2, -0.15) is 0 Å². The largest absolute Gasteiger partial charge is 0.463 e. The second-order valence-electron chi connectivity index (χ2n) is 4.54.